The smallest absolute Gasteiger partial charge is 0.119 e. The topological polar surface area (TPSA) is 34.1 Å². The molecule has 1 N–H and O–H groups in total. The van der Waals surface area contributed by atoms with E-state index in [-0.39, 0.29) is 12.4 Å². The van der Waals surface area contributed by atoms with Crippen molar-refractivity contribution >= 4 is 18.1 Å². The first-order chi connectivity index (χ1) is 8.38. The summed E-state index contributed by atoms with van der Waals surface area (Å²) < 4.78 is 5.39. The SMILES string of the molecule is CCOc1ccc(NCc2cccnc2)cc1.Cl. The third kappa shape index (κ3) is 4.26. The Hall–Kier alpha value is -1.74. The first kappa shape index (κ1) is 14.3. The van der Waals surface area contributed by atoms with Gasteiger partial charge in [-0.25, -0.2) is 0 Å². The lowest BCUT2D eigenvalue weighted by Crippen LogP contribution is -1.99. The van der Waals surface area contributed by atoms with E-state index in [1.54, 1.807) is 6.20 Å². The van der Waals surface area contributed by atoms with Gasteiger partial charge in [-0.2, -0.15) is 0 Å². The number of hydrogen-bond acceptors (Lipinski definition) is 3. The minimum atomic E-state index is 0. The number of nitrogens with one attached hydrogen (secondary N) is 1. The van der Waals surface area contributed by atoms with Crippen LogP contribution >= 0.6 is 12.4 Å². The Bertz CT molecular complexity index is 445. The summed E-state index contributed by atoms with van der Waals surface area (Å²) in [6, 6.07) is 12.0. The molecule has 18 heavy (non-hydrogen) atoms. The molecule has 0 aliphatic heterocycles. The summed E-state index contributed by atoms with van der Waals surface area (Å²) in [5.74, 6) is 0.902. The lowest BCUT2D eigenvalue weighted by atomic mass is 10.2. The molecule has 1 heterocycles. The zero-order chi connectivity index (χ0) is 11.9. The van der Waals surface area contributed by atoms with E-state index in [1.165, 1.54) is 5.56 Å². The second kappa shape index (κ2) is 7.56. The van der Waals surface area contributed by atoms with E-state index in [9.17, 15) is 0 Å². The molecular formula is C14H17ClN2O. The lowest BCUT2D eigenvalue weighted by molar-refractivity contribution is 0.340. The molecule has 0 fully saturated rings. The van der Waals surface area contributed by atoms with E-state index in [2.05, 4.69) is 16.4 Å². The van der Waals surface area contributed by atoms with Gasteiger partial charge in [0.05, 0.1) is 6.61 Å². The molecule has 96 valence electrons. The Morgan fingerprint density at radius 1 is 1.17 bits per heavy atom. The molecule has 2 aromatic rings. The van der Waals surface area contributed by atoms with Crippen molar-refractivity contribution < 1.29 is 4.74 Å². The van der Waals surface area contributed by atoms with Crippen LogP contribution in [0.25, 0.3) is 0 Å². The standard InChI is InChI=1S/C14H16N2O.ClH/c1-2-17-14-7-5-13(6-8-14)16-11-12-4-3-9-15-10-12;/h3-10,16H,2,11H2,1H3;1H. The van der Waals surface area contributed by atoms with E-state index in [0.29, 0.717) is 6.61 Å². The molecule has 1 aromatic heterocycles. The van der Waals surface area contributed by atoms with Gasteiger partial charge in [-0.05, 0) is 42.8 Å². The number of ether oxygens (including phenoxy) is 1. The van der Waals surface area contributed by atoms with E-state index in [0.717, 1.165) is 18.0 Å². The number of benzene rings is 1. The molecule has 0 amide bonds. The maximum absolute atomic E-state index is 5.39. The van der Waals surface area contributed by atoms with Gasteiger partial charge in [0, 0.05) is 24.6 Å². The molecule has 0 saturated heterocycles. The van der Waals surface area contributed by atoms with Crippen molar-refractivity contribution in [3.63, 3.8) is 0 Å². The van der Waals surface area contributed by atoms with Gasteiger partial charge in [0.25, 0.3) is 0 Å². The maximum atomic E-state index is 5.39. The van der Waals surface area contributed by atoms with Crippen molar-refractivity contribution in [2.45, 2.75) is 13.5 Å². The summed E-state index contributed by atoms with van der Waals surface area (Å²) in [4.78, 5) is 4.08. The fourth-order valence-electron chi connectivity index (χ4n) is 1.54. The summed E-state index contributed by atoms with van der Waals surface area (Å²) in [6.45, 7) is 3.46. The quantitative estimate of drug-likeness (QED) is 0.897. The fourth-order valence-corrected chi connectivity index (χ4v) is 1.54. The van der Waals surface area contributed by atoms with Crippen molar-refractivity contribution in [1.82, 2.24) is 4.98 Å². The van der Waals surface area contributed by atoms with E-state index < -0.39 is 0 Å². The van der Waals surface area contributed by atoms with Crippen LogP contribution in [-0.4, -0.2) is 11.6 Å². The minimum absolute atomic E-state index is 0. The first-order valence-electron chi connectivity index (χ1n) is 5.74. The van der Waals surface area contributed by atoms with Gasteiger partial charge < -0.3 is 10.1 Å². The number of rotatable bonds is 5. The zero-order valence-electron chi connectivity index (χ0n) is 10.3. The van der Waals surface area contributed by atoms with Crippen LogP contribution in [0.15, 0.2) is 48.8 Å². The van der Waals surface area contributed by atoms with Crippen LogP contribution in [-0.2, 0) is 6.54 Å². The summed E-state index contributed by atoms with van der Waals surface area (Å²) >= 11 is 0. The van der Waals surface area contributed by atoms with Gasteiger partial charge in [0.2, 0.25) is 0 Å². The first-order valence-corrected chi connectivity index (χ1v) is 5.74. The van der Waals surface area contributed by atoms with E-state index in [4.69, 9.17) is 4.74 Å². The molecule has 0 bridgehead atoms. The molecule has 0 atom stereocenters. The predicted octanol–water partition coefficient (Wildman–Crippen LogP) is 3.51. The van der Waals surface area contributed by atoms with Gasteiger partial charge in [-0.1, -0.05) is 6.07 Å². The summed E-state index contributed by atoms with van der Waals surface area (Å²) in [7, 11) is 0. The van der Waals surface area contributed by atoms with Crippen LogP contribution in [0.3, 0.4) is 0 Å². The highest BCUT2D eigenvalue weighted by Gasteiger charge is 1.95. The molecule has 0 spiro atoms. The number of aromatic nitrogens is 1. The molecule has 0 radical (unpaired) electrons. The number of anilines is 1. The lowest BCUT2D eigenvalue weighted by Gasteiger charge is -2.07. The average molecular weight is 265 g/mol. The van der Waals surface area contributed by atoms with Crippen molar-refractivity contribution in [2.75, 3.05) is 11.9 Å². The second-order valence-corrected chi connectivity index (χ2v) is 3.67. The van der Waals surface area contributed by atoms with Gasteiger partial charge in [0.15, 0.2) is 0 Å². The monoisotopic (exact) mass is 264 g/mol. The highest BCUT2D eigenvalue weighted by atomic mass is 35.5. The molecule has 1 aromatic carbocycles. The van der Waals surface area contributed by atoms with Crippen LogP contribution in [0.1, 0.15) is 12.5 Å². The van der Waals surface area contributed by atoms with Crippen LogP contribution in [0.2, 0.25) is 0 Å². The Balaban J connectivity index is 0.00000162. The third-order valence-corrected chi connectivity index (χ3v) is 2.38. The second-order valence-electron chi connectivity index (χ2n) is 3.67. The highest BCUT2D eigenvalue weighted by molar-refractivity contribution is 5.85. The number of nitrogens with zero attached hydrogens (tertiary/aromatic N) is 1. The van der Waals surface area contributed by atoms with Crippen molar-refractivity contribution in [3.05, 3.63) is 54.4 Å². The molecule has 0 aliphatic rings. The molecule has 0 saturated carbocycles. The fraction of sp³-hybridized carbons (Fsp3) is 0.214. The largest absolute Gasteiger partial charge is 0.494 e. The van der Waals surface area contributed by atoms with Crippen molar-refractivity contribution in [3.8, 4) is 5.75 Å². The number of halogens is 1. The van der Waals surface area contributed by atoms with Crippen LogP contribution in [0.5, 0.6) is 5.75 Å². The number of pyridine rings is 1. The highest BCUT2D eigenvalue weighted by Crippen LogP contribution is 2.16. The predicted molar refractivity (Wildman–Crippen MR) is 76.4 cm³/mol. The van der Waals surface area contributed by atoms with Gasteiger partial charge in [-0.15, -0.1) is 12.4 Å². The Morgan fingerprint density at radius 3 is 2.56 bits per heavy atom. The zero-order valence-corrected chi connectivity index (χ0v) is 11.1. The molecule has 4 heteroatoms. The summed E-state index contributed by atoms with van der Waals surface area (Å²) in [5, 5.41) is 3.33. The Kier molecular flexibility index (Phi) is 6.01. The summed E-state index contributed by atoms with van der Waals surface area (Å²) in [5.41, 5.74) is 2.25. The third-order valence-electron chi connectivity index (χ3n) is 2.38. The van der Waals surface area contributed by atoms with Gasteiger partial charge in [0.1, 0.15) is 5.75 Å². The maximum Gasteiger partial charge on any atom is 0.119 e. The van der Waals surface area contributed by atoms with E-state index in [1.807, 2.05) is 43.5 Å². The minimum Gasteiger partial charge on any atom is -0.494 e. The van der Waals surface area contributed by atoms with Crippen LogP contribution in [0, 0.1) is 0 Å². The molecule has 2 rings (SSSR count). The van der Waals surface area contributed by atoms with E-state index >= 15 is 0 Å². The van der Waals surface area contributed by atoms with Crippen molar-refractivity contribution in [1.29, 1.82) is 0 Å². The van der Waals surface area contributed by atoms with Crippen LogP contribution in [0.4, 0.5) is 5.69 Å². The number of hydrogen-bond donors (Lipinski definition) is 1. The van der Waals surface area contributed by atoms with Crippen molar-refractivity contribution in [2.24, 2.45) is 0 Å². The normalized spacial score (nSPS) is 9.39. The molecule has 3 nitrogen and oxygen atoms in total. The molecule has 0 aliphatic carbocycles. The van der Waals surface area contributed by atoms with Gasteiger partial charge >= 0.3 is 0 Å². The molecular weight excluding hydrogens is 248 g/mol. The van der Waals surface area contributed by atoms with Gasteiger partial charge in [-0.3, -0.25) is 4.98 Å². The molecule has 0 unspecified atom stereocenters. The Morgan fingerprint density at radius 2 is 1.94 bits per heavy atom. The van der Waals surface area contributed by atoms with Crippen LogP contribution < -0.4 is 10.1 Å². The summed E-state index contributed by atoms with van der Waals surface area (Å²) in [6.07, 6.45) is 3.64. The average Bonchev–Trinajstić information content (AvgIpc) is 2.40. The Labute approximate surface area is 114 Å².